The minimum Gasteiger partial charge on any atom is -0.480 e. The molecule has 0 aromatic carbocycles. The van der Waals surface area contributed by atoms with Crippen LogP contribution in [0.3, 0.4) is 0 Å². The van der Waals surface area contributed by atoms with E-state index in [-0.39, 0.29) is 36.6 Å². The van der Waals surface area contributed by atoms with Gasteiger partial charge in [-0.1, -0.05) is 0 Å². The van der Waals surface area contributed by atoms with Crippen LogP contribution in [0.1, 0.15) is 17.1 Å². The van der Waals surface area contributed by atoms with Crippen molar-refractivity contribution in [3.63, 3.8) is 0 Å². The Balaban J connectivity index is 0.000000473. The number of carboxylic acid groups (broad SMARTS) is 3. The number of aliphatic carboxylic acids is 3. The van der Waals surface area contributed by atoms with E-state index >= 15 is 0 Å². The van der Waals surface area contributed by atoms with Gasteiger partial charge in [0.1, 0.15) is 18.1 Å². The molecule has 186 valence electrons. The molecule has 3 aromatic heterocycles. The van der Waals surface area contributed by atoms with Gasteiger partial charge in [0, 0.05) is 72.3 Å². The molecule has 3 aromatic rings. The van der Waals surface area contributed by atoms with Gasteiger partial charge >= 0.3 is 17.9 Å². The summed E-state index contributed by atoms with van der Waals surface area (Å²) in [5, 5.41) is 25.3. The van der Waals surface area contributed by atoms with Crippen molar-refractivity contribution in [3.8, 4) is 0 Å². The normalized spacial score (nSPS) is 12.4. The van der Waals surface area contributed by atoms with E-state index in [2.05, 4.69) is 29.9 Å². The predicted octanol–water partition coefficient (Wildman–Crippen LogP) is -1.91. The Kier molecular flexibility index (Phi) is 14.4. The molecule has 3 atom stereocenters. The van der Waals surface area contributed by atoms with Crippen LogP contribution in [0.25, 0.3) is 0 Å². The molecule has 0 aliphatic carbocycles. The second-order valence-electron chi connectivity index (χ2n) is 6.68. The third-order valence-electron chi connectivity index (χ3n) is 3.94. The molecule has 0 saturated carbocycles. The molecule has 12 N–H and O–H groups in total. The number of hydrogen-bond acceptors (Lipinski definition) is 9. The zero-order valence-corrected chi connectivity index (χ0v) is 19.1. The molecule has 15 nitrogen and oxygen atoms in total. The van der Waals surface area contributed by atoms with E-state index in [1.54, 1.807) is 18.6 Å². The molecule has 0 radical (unpaired) electrons. The monoisotopic (exact) mass is 517 g/mol. The van der Waals surface area contributed by atoms with E-state index in [1.165, 1.54) is 19.0 Å². The van der Waals surface area contributed by atoms with Gasteiger partial charge in [-0.2, -0.15) is 0 Å². The van der Waals surface area contributed by atoms with E-state index in [0.717, 1.165) is 17.1 Å². The first-order chi connectivity index (χ1) is 15.6. The number of nitrogens with zero attached hydrogens (tertiary/aromatic N) is 3. The number of rotatable bonds is 9. The molecule has 0 aliphatic heterocycles. The van der Waals surface area contributed by atoms with Crippen LogP contribution in [-0.2, 0) is 51.0 Å². The third kappa shape index (κ3) is 12.5. The van der Waals surface area contributed by atoms with Crippen LogP contribution < -0.4 is 17.2 Å². The molecular formula is C18H27CrN9O6. The zero-order chi connectivity index (χ0) is 24.8. The smallest absolute Gasteiger partial charge is 0.320 e. The van der Waals surface area contributed by atoms with Crippen LogP contribution in [0.5, 0.6) is 0 Å². The van der Waals surface area contributed by atoms with Crippen LogP contribution in [0.2, 0.25) is 0 Å². The van der Waals surface area contributed by atoms with Crippen molar-refractivity contribution in [3.05, 3.63) is 54.7 Å². The minimum absolute atomic E-state index is 0. The number of nitrogens with one attached hydrogen (secondary N) is 3. The first kappa shape index (κ1) is 30.5. The second-order valence-corrected chi connectivity index (χ2v) is 6.68. The van der Waals surface area contributed by atoms with Gasteiger partial charge in [0.05, 0.1) is 19.0 Å². The summed E-state index contributed by atoms with van der Waals surface area (Å²) in [6.45, 7) is 0. The average Bonchev–Trinajstić information content (AvgIpc) is 3.53. The summed E-state index contributed by atoms with van der Waals surface area (Å²) in [4.78, 5) is 50.3. The topological polar surface area (TPSA) is 276 Å². The summed E-state index contributed by atoms with van der Waals surface area (Å²) in [5.74, 6) is -3.00. The summed E-state index contributed by atoms with van der Waals surface area (Å²) in [5.41, 5.74) is 18.0. The number of H-pyrrole nitrogens is 3. The first-order valence-corrected chi connectivity index (χ1v) is 9.47. The molecule has 0 bridgehead atoms. The average molecular weight is 517 g/mol. The van der Waals surface area contributed by atoms with Crippen molar-refractivity contribution in [1.29, 1.82) is 0 Å². The number of hydrogen-bond donors (Lipinski definition) is 9. The molecule has 0 saturated heterocycles. The van der Waals surface area contributed by atoms with Crippen molar-refractivity contribution >= 4 is 17.9 Å². The van der Waals surface area contributed by atoms with E-state index < -0.39 is 36.0 Å². The molecule has 3 rings (SSSR count). The summed E-state index contributed by atoms with van der Waals surface area (Å²) in [7, 11) is 0. The molecule has 0 amide bonds. The zero-order valence-electron chi connectivity index (χ0n) is 17.9. The quantitative estimate of drug-likeness (QED) is 0.150. The molecule has 3 heterocycles. The SMILES string of the molecule is N[C@@H](Cc1cnc[nH]1)C(=O)O.N[C@@H](Cc1cnc[nH]1)C(=O)O.N[C@@H](Cc1cnc[nH]1)C(=O)O.[Cr]. The van der Waals surface area contributed by atoms with Gasteiger partial charge in [0.15, 0.2) is 0 Å². The van der Waals surface area contributed by atoms with Crippen LogP contribution in [0, 0.1) is 0 Å². The minimum atomic E-state index is -1.00. The van der Waals surface area contributed by atoms with Crippen LogP contribution in [-0.4, -0.2) is 81.3 Å². The Morgan fingerprint density at radius 2 is 0.882 bits per heavy atom. The fourth-order valence-electron chi connectivity index (χ4n) is 2.16. The number of imidazole rings is 3. The predicted molar refractivity (Wildman–Crippen MR) is 114 cm³/mol. The number of aromatic nitrogens is 6. The summed E-state index contributed by atoms with van der Waals surface area (Å²) in [6.07, 6.45) is 10.0. The van der Waals surface area contributed by atoms with Crippen molar-refractivity contribution < 1.29 is 47.1 Å². The van der Waals surface area contributed by atoms with Crippen LogP contribution in [0.15, 0.2) is 37.6 Å². The van der Waals surface area contributed by atoms with E-state index in [4.69, 9.17) is 32.5 Å². The summed E-state index contributed by atoms with van der Waals surface area (Å²) < 4.78 is 0. The second kappa shape index (κ2) is 16.1. The number of carbonyl (C=O) groups is 3. The largest absolute Gasteiger partial charge is 0.480 e. The molecule has 0 aliphatic rings. The van der Waals surface area contributed by atoms with Gasteiger partial charge in [0.2, 0.25) is 0 Å². The molecular weight excluding hydrogens is 490 g/mol. The Bertz CT molecular complexity index is 827. The van der Waals surface area contributed by atoms with Crippen LogP contribution in [0.4, 0.5) is 0 Å². The van der Waals surface area contributed by atoms with Gasteiger partial charge in [-0.15, -0.1) is 0 Å². The Hall–Kier alpha value is -3.55. The van der Waals surface area contributed by atoms with Gasteiger partial charge in [0.25, 0.3) is 0 Å². The van der Waals surface area contributed by atoms with Crippen molar-refractivity contribution in [2.24, 2.45) is 17.2 Å². The standard InChI is InChI=1S/3C6H9N3O2.Cr/c3*7-5(6(10)11)1-4-2-8-3-9-4;/h3*2-3,5H,1,7H2,(H,8,9)(H,10,11);/t3*5-;/m000./s1. The van der Waals surface area contributed by atoms with Crippen LogP contribution >= 0.6 is 0 Å². The van der Waals surface area contributed by atoms with Gasteiger partial charge < -0.3 is 47.5 Å². The van der Waals surface area contributed by atoms with E-state index in [9.17, 15) is 14.4 Å². The molecule has 0 fully saturated rings. The molecule has 34 heavy (non-hydrogen) atoms. The maximum Gasteiger partial charge on any atom is 0.320 e. The number of carboxylic acids is 3. The summed E-state index contributed by atoms with van der Waals surface area (Å²) >= 11 is 0. The number of aromatic amines is 3. The van der Waals surface area contributed by atoms with Gasteiger partial charge in [-0.25, -0.2) is 15.0 Å². The number of nitrogens with two attached hydrogens (primary N) is 3. The molecule has 0 spiro atoms. The first-order valence-electron chi connectivity index (χ1n) is 9.47. The summed E-state index contributed by atoms with van der Waals surface area (Å²) in [6, 6.07) is -2.55. The van der Waals surface area contributed by atoms with Gasteiger partial charge in [-0.3, -0.25) is 14.4 Å². The van der Waals surface area contributed by atoms with Crippen molar-refractivity contribution in [2.75, 3.05) is 0 Å². The maximum absolute atomic E-state index is 10.3. The Labute approximate surface area is 204 Å². The third-order valence-corrected chi connectivity index (χ3v) is 3.94. The Morgan fingerprint density at radius 1 is 0.647 bits per heavy atom. The van der Waals surface area contributed by atoms with Crippen molar-refractivity contribution in [1.82, 2.24) is 29.9 Å². The molecule has 0 unspecified atom stereocenters. The maximum atomic E-state index is 10.3. The molecule has 16 heteroatoms. The van der Waals surface area contributed by atoms with Crippen molar-refractivity contribution in [2.45, 2.75) is 37.4 Å². The van der Waals surface area contributed by atoms with E-state index in [0.29, 0.717) is 0 Å². The Morgan fingerprint density at radius 3 is 1.03 bits per heavy atom. The van der Waals surface area contributed by atoms with E-state index in [1.807, 2.05) is 0 Å². The fraction of sp³-hybridized carbons (Fsp3) is 0.333. The van der Waals surface area contributed by atoms with Gasteiger partial charge in [-0.05, 0) is 0 Å². The fourth-order valence-corrected chi connectivity index (χ4v) is 2.16.